The monoisotopic (exact) mass is 302 g/mol. The van der Waals surface area contributed by atoms with Gasteiger partial charge >= 0.3 is 0 Å². The van der Waals surface area contributed by atoms with Crippen LogP contribution >= 0.6 is 21.6 Å². The Labute approximate surface area is 130 Å². The molecule has 0 heterocycles. The Bertz CT molecular complexity index is 485. The van der Waals surface area contributed by atoms with Gasteiger partial charge in [-0.25, -0.2) is 0 Å². The van der Waals surface area contributed by atoms with Crippen LogP contribution in [0.15, 0.2) is 48.5 Å². The van der Waals surface area contributed by atoms with Crippen LogP contribution in [0.2, 0.25) is 0 Å². The molecule has 0 aliphatic rings. The average Bonchev–Trinajstić information content (AvgIpc) is 2.52. The molecule has 0 N–H and O–H groups in total. The van der Waals surface area contributed by atoms with Crippen LogP contribution in [0, 0.1) is 0 Å². The number of rotatable bonds is 7. The largest absolute Gasteiger partial charge is 0.0890 e. The fraction of sp³-hybridized carbons (Fsp3) is 0.333. The summed E-state index contributed by atoms with van der Waals surface area (Å²) >= 11 is 0. The summed E-state index contributed by atoms with van der Waals surface area (Å²) in [4.78, 5) is 0. The molecule has 20 heavy (non-hydrogen) atoms. The fourth-order valence-corrected chi connectivity index (χ4v) is 4.54. The molecule has 0 saturated carbocycles. The van der Waals surface area contributed by atoms with Gasteiger partial charge in [-0.3, -0.25) is 0 Å². The van der Waals surface area contributed by atoms with E-state index in [1.54, 1.807) is 0 Å². The third-order valence-corrected chi connectivity index (χ3v) is 5.74. The second-order valence-electron chi connectivity index (χ2n) is 4.77. The molecule has 106 valence electrons. The molecule has 0 bridgehead atoms. The summed E-state index contributed by atoms with van der Waals surface area (Å²) in [5.41, 5.74) is 5.93. The highest BCUT2D eigenvalue weighted by Crippen LogP contribution is 2.31. The van der Waals surface area contributed by atoms with E-state index in [0.29, 0.717) is 0 Å². The third kappa shape index (κ3) is 4.32. The van der Waals surface area contributed by atoms with Gasteiger partial charge in [-0.05, 0) is 35.1 Å². The van der Waals surface area contributed by atoms with E-state index < -0.39 is 0 Å². The summed E-state index contributed by atoms with van der Waals surface area (Å²) in [5.74, 6) is 2.20. The van der Waals surface area contributed by atoms with Crippen molar-refractivity contribution in [1.82, 2.24) is 0 Å². The zero-order chi connectivity index (χ0) is 14.2. The van der Waals surface area contributed by atoms with Crippen molar-refractivity contribution in [3.63, 3.8) is 0 Å². The summed E-state index contributed by atoms with van der Waals surface area (Å²) in [6.45, 7) is 4.46. The topological polar surface area (TPSA) is 0 Å². The molecule has 0 saturated heterocycles. The Morgan fingerprint density at radius 3 is 1.30 bits per heavy atom. The molecule has 0 atom stereocenters. The lowest BCUT2D eigenvalue weighted by Gasteiger charge is -2.08. The van der Waals surface area contributed by atoms with E-state index in [1.165, 1.54) is 22.3 Å². The van der Waals surface area contributed by atoms with Gasteiger partial charge in [0.05, 0.1) is 0 Å². The SMILES string of the molecule is CCc1ccccc1CSSCc1ccccc1CC. The quantitative estimate of drug-likeness (QED) is 0.462. The van der Waals surface area contributed by atoms with E-state index in [9.17, 15) is 0 Å². The van der Waals surface area contributed by atoms with Gasteiger partial charge in [0.25, 0.3) is 0 Å². The predicted molar refractivity (Wildman–Crippen MR) is 94.2 cm³/mol. The lowest BCUT2D eigenvalue weighted by Crippen LogP contribution is -1.90. The summed E-state index contributed by atoms with van der Waals surface area (Å²) < 4.78 is 0. The van der Waals surface area contributed by atoms with Crippen molar-refractivity contribution < 1.29 is 0 Å². The molecule has 2 heteroatoms. The first kappa shape index (κ1) is 15.5. The molecule has 2 aromatic carbocycles. The second kappa shape index (κ2) is 8.43. The van der Waals surface area contributed by atoms with Crippen LogP contribution in [0.5, 0.6) is 0 Å². The Kier molecular flexibility index (Phi) is 6.55. The molecule has 0 spiro atoms. The Morgan fingerprint density at radius 2 is 0.950 bits per heavy atom. The van der Waals surface area contributed by atoms with Crippen LogP contribution in [0.25, 0.3) is 0 Å². The second-order valence-corrected chi connectivity index (χ2v) is 7.23. The van der Waals surface area contributed by atoms with Gasteiger partial charge in [0.2, 0.25) is 0 Å². The van der Waals surface area contributed by atoms with Gasteiger partial charge < -0.3 is 0 Å². The minimum absolute atomic E-state index is 1.10. The van der Waals surface area contributed by atoms with E-state index in [1.807, 2.05) is 21.6 Å². The van der Waals surface area contributed by atoms with E-state index in [-0.39, 0.29) is 0 Å². The van der Waals surface area contributed by atoms with Crippen LogP contribution in [0.1, 0.15) is 36.1 Å². The van der Waals surface area contributed by atoms with Crippen molar-refractivity contribution >= 4 is 21.6 Å². The van der Waals surface area contributed by atoms with Crippen molar-refractivity contribution in [2.24, 2.45) is 0 Å². The van der Waals surface area contributed by atoms with Crippen molar-refractivity contribution in [3.05, 3.63) is 70.8 Å². The van der Waals surface area contributed by atoms with Crippen molar-refractivity contribution in [1.29, 1.82) is 0 Å². The predicted octanol–water partition coefficient (Wildman–Crippen LogP) is 5.89. The standard InChI is InChI=1S/C18H22S2/c1-3-15-9-5-7-11-17(15)13-19-20-14-18-12-8-6-10-16(18)4-2/h5-12H,3-4,13-14H2,1-2H3. The fourth-order valence-electron chi connectivity index (χ4n) is 2.30. The molecule has 2 rings (SSSR count). The molecule has 0 fully saturated rings. The summed E-state index contributed by atoms with van der Waals surface area (Å²) in [5, 5.41) is 0. The highest BCUT2D eigenvalue weighted by atomic mass is 33.1. The lowest BCUT2D eigenvalue weighted by atomic mass is 10.1. The van der Waals surface area contributed by atoms with Crippen LogP contribution in [-0.4, -0.2) is 0 Å². The van der Waals surface area contributed by atoms with Crippen LogP contribution in [0.3, 0.4) is 0 Å². The zero-order valence-electron chi connectivity index (χ0n) is 12.3. The molecule has 0 aliphatic heterocycles. The van der Waals surface area contributed by atoms with Crippen LogP contribution in [-0.2, 0) is 24.3 Å². The van der Waals surface area contributed by atoms with Gasteiger partial charge in [-0.15, -0.1) is 0 Å². The molecular formula is C18H22S2. The lowest BCUT2D eigenvalue weighted by molar-refractivity contribution is 1.10. The first-order chi connectivity index (χ1) is 9.85. The van der Waals surface area contributed by atoms with E-state index in [4.69, 9.17) is 0 Å². The molecule has 0 aromatic heterocycles. The Balaban J connectivity index is 1.84. The number of aryl methyl sites for hydroxylation is 2. The molecule has 0 nitrogen and oxygen atoms in total. The molecule has 0 aliphatic carbocycles. The number of benzene rings is 2. The number of hydrogen-bond donors (Lipinski definition) is 0. The third-order valence-electron chi connectivity index (χ3n) is 3.51. The van der Waals surface area contributed by atoms with Gasteiger partial charge in [0.15, 0.2) is 0 Å². The van der Waals surface area contributed by atoms with Gasteiger partial charge in [0.1, 0.15) is 0 Å². The van der Waals surface area contributed by atoms with Crippen molar-refractivity contribution in [3.8, 4) is 0 Å². The summed E-state index contributed by atoms with van der Waals surface area (Å²) in [7, 11) is 3.93. The van der Waals surface area contributed by atoms with E-state index >= 15 is 0 Å². The van der Waals surface area contributed by atoms with Crippen LogP contribution < -0.4 is 0 Å². The van der Waals surface area contributed by atoms with E-state index in [0.717, 1.165) is 24.3 Å². The zero-order valence-corrected chi connectivity index (χ0v) is 13.9. The smallest absolute Gasteiger partial charge is 0.0291 e. The number of hydrogen-bond acceptors (Lipinski definition) is 2. The Hall–Kier alpha value is -0.860. The maximum Gasteiger partial charge on any atom is 0.0291 e. The molecule has 2 aromatic rings. The van der Waals surface area contributed by atoms with Gasteiger partial charge in [0, 0.05) is 11.5 Å². The molecule has 0 amide bonds. The molecular weight excluding hydrogens is 280 g/mol. The van der Waals surface area contributed by atoms with E-state index in [2.05, 4.69) is 62.4 Å². The summed E-state index contributed by atoms with van der Waals surface area (Å²) in [6.07, 6.45) is 2.25. The maximum atomic E-state index is 2.26. The van der Waals surface area contributed by atoms with Crippen molar-refractivity contribution in [2.45, 2.75) is 38.2 Å². The first-order valence-corrected chi connectivity index (χ1v) is 9.72. The maximum absolute atomic E-state index is 2.26. The molecule has 0 radical (unpaired) electrons. The highest BCUT2D eigenvalue weighted by molar-refractivity contribution is 8.76. The van der Waals surface area contributed by atoms with Crippen LogP contribution in [0.4, 0.5) is 0 Å². The molecule has 0 unspecified atom stereocenters. The van der Waals surface area contributed by atoms with Gasteiger partial charge in [-0.1, -0.05) is 84.0 Å². The highest BCUT2D eigenvalue weighted by Gasteiger charge is 2.02. The van der Waals surface area contributed by atoms with Crippen molar-refractivity contribution in [2.75, 3.05) is 0 Å². The van der Waals surface area contributed by atoms with Gasteiger partial charge in [-0.2, -0.15) is 0 Å². The first-order valence-electron chi connectivity index (χ1n) is 7.23. The summed E-state index contributed by atoms with van der Waals surface area (Å²) in [6, 6.07) is 17.6. The average molecular weight is 303 g/mol. The minimum atomic E-state index is 1.10. The normalized spacial score (nSPS) is 10.7. The minimum Gasteiger partial charge on any atom is -0.0890 e. The Morgan fingerprint density at radius 1 is 0.600 bits per heavy atom.